The quantitative estimate of drug-likeness (QED) is 0.459. The number of rotatable bonds is 4. The van der Waals surface area contributed by atoms with Crippen LogP contribution in [0.4, 0.5) is 0 Å². The Balaban J connectivity index is 3.46. The summed E-state index contributed by atoms with van der Waals surface area (Å²) in [6, 6.07) is -0.148. The van der Waals surface area contributed by atoms with Gasteiger partial charge in [0.1, 0.15) is 0 Å². The van der Waals surface area contributed by atoms with Gasteiger partial charge in [-0.1, -0.05) is 6.08 Å². The van der Waals surface area contributed by atoms with E-state index in [1.54, 1.807) is 6.08 Å². The summed E-state index contributed by atoms with van der Waals surface area (Å²) in [5.41, 5.74) is 5.49. The van der Waals surface area contributed by atoms with Crippen molar-refractivity contribution in [1.29, 1.82) is 0 Å². The molecule has 0 rings (SSSR count). The number of esters is 1. The fourth-order valence-corrected chi connectivity index (χ4v) is 0.595. The summed E-state index contributed by atoms with van der Waals surface area (Å²) in [6.45, 7) is 3.50. The molecule has 0 heterocycles. The van der Waals surface area contributed by atoms with Crippen molar-refractivity contribution in [3.05, 3.63) is 12.7 Å². The van der Waals surface area contributed by atoms with E-state index in [9.17, 15) is 4.79 Å². The van der Waals surface area contributed by atoms with Crippen LogP contribution >= 0.6 is 0 Å². The normalized spacial score (nSPS) is 12.2. The second kappa shape index (κ2) is 4.99. The molecule has 0 aliphatic carbocycles. The number of ether oxygens (including phenoxy) is 1. The summed E-state index contributed by atoms with van der Waals surface area (Å²) in [5, 5.41) is 0. The molecule has 0 spiro atoms. The first-order valence-corrected chi connectivity index (χ1v) is 3.14. The van der Waals surface area contributed by atoms with E-state index in [1.165, 1.54) is 7.11 Å². The highest BCUT2D eigenvalue weighted by molar-refractivity contribution is 5.69. The third-order valence-corrected chi connectivity index (χ3v) is 1.13. The second-order valence-corrected chi connectivity index (χ2v) is 2.06. The molecule has 0 radical (unpaired) electrons. The Labute approximate surface area is 60.9 Å². The minimum atomic E-state index is -0.269. The van der Waals surface area contributed by atoms with Crippen molar-refractivity contribution in [2.75, 3.05) is 7.11 Å². The van der Waals surface area contributed by atoms with Gasteiger partial charge in [-0.3, -0.25) is 4.79 Å². The summed E-state index contributed by atoms with van der Waals surface area (Å²) in [5.74, 6) is -0.269. The van der Waals surface area contributed by atoms with Crippen LogP contribution in [-0.4, -0.2) is 19.1 Å². The average molecular weight is 143 g/mol. The number of carbonyl (C=O) groups excluding carboxylic acids is 1. The standard InChI is InChI=1S/C7H13NO2/c1-3-4-6(8)5-7(9)10-2/h3,6H,1,4-5,8H2,2H3/t6-/m0/s1. The molecular weight excluding hydrogens is 130 g/mol. The van der Waals surface area contributed by atoms with Gasteiger partial charge in [-0.05, 0) is 6.42 Å². The molecule has 1 atom stereocenters. The fraction of sp³-hybridized carbons (Fsp3) is 0.571. The van der Waals surface area contributed by atoms with E-state index in [4.69, 9.17) is 5.73 Å². The first-order valence-electron chi connectivity index (χ1n) is 3.14. The van der Waals surface area contributed by atoms with Crippen molar-refractivity contribution in [3.8, 4) is 0 Å². The van der Waals surface area contributed by atoms with Crippen LogP contribution in [0.3, 0.4) is 0 Å². The maximum absolute atomic E-state index is 10.6. The Bertz CT molecular complexity index is 123. The molecule has 0 aromatic rings. The summed E-state index contributed by atoms with van der Waals surface area (Å²) in [4.78, 5) is 10.6. The van der Waals surface area contributed by atoms with E-state index in [2.05, 4.69) is 11.3 Å². The first kappa shape index (κ1) is 9.17. The maximum atomic E-state index is 10.6. The topological polar surface area (TPSA) is 52.3 Å². The van der Waals surface area contributed by atoms with E-state index in [0.29, 0.717) is 6.42 Å². The van der Waals surface area contributed by atoms with Crippen LogP contribution in [0.25, 0.3) is 0 Å². The summed E-state index contributed by atoms with van der Waals surface area (Å²) in [6.07, 6.45) is 2.60. The van der Waals surface area contributed by atoms with Gasteiger partial charge >= 0.3 is 5.97 Å². The average Bonchev–Trinajstić information content (AvgIpc) is 1.88. The van der Waals surface area contributed by atoms with Crippen LogP contribution < -0.4 is 5.73 Å². The van der Waals surface area contributed by atoms with Crippen molar-refractivity contribution in [2.24, 2.45) is 5.73 Å². The van der Waals surface area contributed by atoms with Gasteiger partial charge in [-0.25, -0.2) is 0 Å². The van der Waals surface area contributed by atoms with Gasteiger partial charge in [0.25, 0.3) is 0 Å². The lowest BCUT2D eigenvalue weighted by atomic mass is 10.1. The molecule has 0 saturated heterocycles. The van der Waals surface area contributed by atoms with Crippen LogP contribution in [0.5, 0.6) is 0 Å². The smallest absolute Gasteiger partial charge is 0.307 e. The SMILES string of the molecule is C=CC[C@H](N)CC(=O)OC. The molecule has 0 amide bonds. The third-order valence-electron chi connectivity index (χ3n) is 1.13. The van der Waals surface area contributed by atoms with Crippen molar-refractivity contribution in [1.82, 2.24) is 0 Å². The first-order chi connectivity index (χ1) is 4.70. The van der Waals surface area contributed by atoms with E-state index in [0.717, 1.165) is 0 Å². The van der Waals surface area contributed by atoms with Gasteiger partial charge in [0.05, 0.1) is 13.5 Å². The van der Waals surface area contributed by atoms with Crippen LogP contribution in [0.1, 0.15) is 12.8 Å². The van der Waals surface area contributed by atoms with Gasteiger partial charge in [0.15, 0.2) is 0 Å². The third kappa shape index (κ3) is 4.09. The van der Waals surface area contributed by atoms with E-state index in [-0.39, 0.29) is 18.4 Å². The van der Waals surface area contributed by atoms with Crippen LogP contribution in [0.15, 0.2) is 12.7 Å². The monoisotopic (exact) mass is 143 g/mol. The number of carbonyl (C=O) groups is 1. The highest BCUT2D eigenvalue weighted by Gasteiger charge is 2.06. The number of nitrogens with two attached hydrogens (primary N) is 1. The molecule has 0 aromatic heterocycles. The predicted octanol–water partition coefficient (Wildman–Crippen LogP) is 0.453. The summed E-state index contributed by atoms with van der Waals surface area (Å²) < 4.78 is 4.41. The van der Waals surface area contributed by atoms with E-state index < -0.39 is 0 Å². The Kier molecular flexibility index (Phi) is 4.58. The van der Waals surface area contributed by atoms with Gasteiger partial charge in [-0.2, -0.15) is 0 Å². The highest BCUT2D eigenvalue weighted by atomic mass is 16.5. The zero-order valence-electron chi connectivity index (χ0n) is 6.17. The molecular formula is C7H13NO2. The largest absolute Gasteiger partial charge is 0.469 e. The van der Waals surface area contributed by atoms with Gasteiger partial charge in [0, 0.05) is 6.04 Å². The van der Waals surface area contributed by atoms with Gasteiger partial charge < -0.3 is 10.5 Å². The lowest BCUT2D eigenvalue weighted by molar-refractivity contribution is -0.140. The molecule has 3 heteroatoms. The Hall–Kier alpha value is -0.830. The zero-order valence-corrected chi connectivity index (χ0v) is 6.17. The van der Waals surface area contributed by atoms with Crippen LogP contribution in [0, 0.1) is 0 Å². The molecule has 0 aliphatic heterocycles. The number of hydrogen-bond donors (Lipinski definition) is 1. The zero-order chi connectivity index (χ0) is 7.98. The second-order valence-electron chi connectivity index (χ2n) is 2.06. The van der Waals surface area contributed by atoms with Crippen LogP contribution in [0.2, 0.25) is 0 Å². The molecule has 0 saturated carbocycles. The molecule has 0 fully saturated rings. The predicted molar refractivity (Wildman–Crippen MR) is 39.4 cm³/mol. The molecule has 10 heavy (non-hydrogen) atoms. The highest BCUT2D eigenvalue weighted by Crippen LogP contribution is 1.95. The molecule has 0 aromatic carbocycles. The Morgan fingerprint density at radius 3 is 2.90 bits per heavy atom. The molecule has 58 valence electrons. The van der Waals surface area contributed by atoms with Gasteiger partial charge in [0.2, 0.25) is 0 Å². The van der Waals surface area contributed by atoms with Crippen molar-refractivity contribution < 1.29 is 9.53 Å². The molecule has 0 aliphatic rings. The van der Waals surface area contributed by atoms with E-state index in [1.807, 2.05) is 0 Å². The Morgan fingerprint density at radius 2 is 2.50 bits per heavy atom. The molecule has 0 bridgehead atoms. The van der Waals surface area contributed by atoms with Gasteiger partial charge in [-0.15, -0.1) is 6.58 Å². The number of hydrogen-bond acceptors (Lipinski definition) is 3. The van der Waals surface area contributed by atoms with E-state index >= 15 is 0 Å². The minimum absolute atomic E-state index is 0.148. The van der Waals surface area contributed by atoms with Crippen molar-refractivity contribution >= 4 is 5.97 Å². The maximum Gasteiger partial charge on any atom is 0.307 e. The van der Waals surface area contributed by atoms with Crippen molar-refractivity contribution in [2.45, 2.75) is 18.9 Å². The van der Waals surface area contributed by atoms with Crippen LogP contribution in [-0.2, 0) is 9.53 Å². The number of methoxy groups -OCH3 is 1. The molecule has 2 N–H and O–H groups in total. The summed E-state index contributed by atoms with van der Waals surface area (Å²) in [7, 11) is 1.35. The molecule has 3 nitrogen and oxygen atoms in total. The lowest BCUT2D eigenvalue weighted by Crippen LogP contribution is -2.23. The van der Waals surface area contributed by atoms with Crippen molar-refractivity contribution in [3.63, 3.8) is 0 Å². The Morgan fingerprint density at radius 1 is 1.90 bits per heavy atom. The fourth-order valence-electron chi connectivity index (χ4n) is 0.595. The lowest BCUT2D eigenvalue weighted by Gasteiger charge is -2.05. The molecule has 0 unspecified atom stereocenters. The summed E-state index contributed by atoms with van der Waals surface area (Å²) >= 11 is 0. The minimum Gasteiger partial charge on any atom is -0.469 e.